The summed E-state index contributed by atoms with van der Waals surface area (Å²) in [5.41, 5.74) is 2.48. The lowest BCUT2D eigenvalue weighted by molar-refractivity contribution is 0.209. The molecule has 96 valence electrons. The summed E-state index contributed by atoms with van der Waals surface area (Å²) in [4.78, 5) is 12.8. The van der Waals surface area contributed by atoms with Crippen LogP contribution in [0.4, 0.5) is 0 Å². The lowest BCUT2D eigenvalue weighted by atomic mass is 10.3. The van der Waals surface area contributed by atoms with Gasteiger partial charge >= 0.3 is 0 Å². The zero-order valence-corrected chi connectivity index (χ0v) is 11.9. The minimum absolute atomic E-state index is 0.950. The molecule has 1 aliphatic heterocycles. The molecule has 0 amide bonds. The van der Waals surface area contributed by atoms with Crippen LogP contribution in [0.2, 0.25) is 0 Å². The SMILES string of the molecule is Cc1ncc(CN2CCn3c(nc(C)c3C)C2)s1. The standard InChI is InChI=1S/C13H18N4S/c1-9-10(2)17-5-4-16(8-13(17)15-9)7-12-6-14-11(3)18-12/h6H,4-5,7-8H2,1-3H3. The molecule has 1 aliphatic rings. The highest BCUT2D eigenvalue weighted by Gasteiger charge is 2.20. The van der Waals surface area contributed by atoms with Crippen LogP contribution >= 0.6 is 11.3 Å². The van der Waals surface area contributed by atoms with Gasteiger partial charge in [0.05, 0.1) is 17.2 Å². The number of hydrogen-bond acceptors (Lipinski definition) is 4. The van der Waals surface area contributed by atoms with Crippen molar-refractivity contribution in [2.24, 2.45) is 0 Å². The smallest absolute Gasteiger partial charge is 0.123 e. The van der Waals surface area contributed by atoms with Crippen LogP contribution in [-0.2, 0) is 19.6 Å². The number of thiazole rings is 1. The van der Waals surface area contributed by atoms with Crippen LogP contribution in [0.3, 0.4) is 0 Å². The average Bonchev–Trinajstić information content (AvgIpc) is 2.85. The van der Waals surface area contributed by atoms with Crippen molar-refractivity contribution in [1.29, 1.82) is 0 Å². The van der Waals surface area contributed by atoms with Crippen molar-refractivity contribution < 1.29 is 0 Å². The molecule has 0 atom stereocenters. The van der Waals surface area contributed by atoms with Crippen molar-refractivity contribution in [2.75, 3.05) is 6.54 Å². The zero-order valence-electron chi connectivity index (χ0n) is 11.1. The van der Waals surface area contributed by atoms with Crippen LogP contribution < -0.4 is 0 Å². The first-order valence-corrected chi connectivity index (χ1v) is 7.11. The van der Waals surface area contributed by atoms with Crippen molar-refractivity contribution in [3.8, 4) is 0 Å². The number of aromatic nitrogens is 3. The molecule has 0 saturated heterocycles. The van der Waals surface area contributed by atoms with E-state index in [0.29, 0.717) is 0 Å². The molecular weight excluding hydrogens is 244 g/mol. The molecule has 0 radical (unpaired) electrons. The Hall–Kier alpha value is -1.20. The first-order chi connectivity index (χ1) is 8.63. The zero-order chi connectivity index (χ0) is 12.7. The van der Waals surface area contributed by atoms with Crippen LogP contribution in [0.15, 0.2) is 6.20 Å². The summed E-state index contributed by atoms with van der Waals surface area (Å²) in [5, 5.41) is 1.15. The Kier molecular flexibility index (Phi) is 2.95. The van der Waals surface area contributed by atoms with Gasteiger partial charge < -0.3 is 4.57 Å². The molecule has 0 aliphatic carbocycles. The Morgan fingerprint density at radius 1 is 1.28 bits per heavy atom. The number of hydrogen-bond donors (Lipinski definition) is 0. The summed E-state index contributed by atoms with van der Waals surface area (Å²) < 4.78 is 2.35. The summed E-state index contributed by atoms with van der Waals surface area (Å²) in [6, 6.07) is 0. The fraction of sp³-hybridized carbons (Fsp3) is 0.538. The quantitative estimate of drug-likeness (QED) is 0.832. The van der Waals surface area contributed by atoms with Gasteiger partial charge in [0.15, 0.2) is 0 Å². The second-order valence-corrected chi connectivity index (χ2v) is 6.23. The predicted octanol–water partition coefficient (Wildman–Crippen LogP) is 2.28. The summed E-state index contributed by atoms with van der Waals surface area (Å²) in [5.74, 6) is 1.21. The van der Waals surface area contributed by atoms with Crippen LogP contribution in [0.5, 0.6) is 0 Å². The van der Waals surface area contributed by atoms with Gasteiger partial charge in [-0.1, -0.05) is 0 Å². The van der Waals surface area contributed by atoms with E-state index in [0.717, 1.165) is 31.2 Å². The van der Waals surface area contributed by atoms with Gasteiger partial charge in [0, 0.05) is 36.4 Å². The van der Waals surface area contributed by atoms with Gasteiger partial charge in [-0.2, -0.15) is 0 Å². The van der Waals surface area contributed by atoms with E-state index < -0.39 is 0 Å². The molecule has 18 heavy (non-hydrogen) atoms. The molecule has 0 saturated carbocycles. The normalized spacial score (nSPS) is 15.9. The molecule has 2 aromatic heterocycles. The van der Waals surface area contributed by atoms with E-state index >= 15 is 0 Å². The fourth-order valence-electron chi connectivity index (χ4n) is 2.50. The van der Waals surface area contributed by atoms with E-state index in [1.165, 1.54) is 22.1 Å². The third-order valence-corrected chi connectivity index (χ3v) is 4.49. The van der Waals surface area contributed by atoms with Crippen molar-refractivity contribution in [3.05, 3.63) is 33.3 Å². The molecule has 3 heterocycles. The van der Waals surface area contributed by atoms with Gasteiger partial charge in [-0.05, 0) is 20.8 Å². The molecule has 0 N–H and O–H groups in total. The van der Waals surface area contributed by atoms with Gasteiger partial charge in [0.2, 0.25) is 0 Å². The summed E-state index contributed by atoms with van der Waals surface area (Å²) in [6.45, 7) is 10.4. The molecule has 0 unspecified atom stereocenters. The van der Waals surface area contributed by atoms with E-state index in [1.54, 1.807) is 11.3 Å². The predicted molar refractivity (Wildman–Crippen MR) is 72.7 cm³/mol. The first-order valence-electron chi connectivity index (χ1n) is 6.30. The fourth-order valence-corrected chi connectivity index (χ4v) is 3.33. The maximum Gasteiger partial charge on any atom is 0.123 e. The monoisotopic (exact) mass is 262 g/mol. The van der Waals surface area contributed by atoms with E-state index in [-0.39, 0.29) is 0 Å². The Bertz CT molecular complexity index is 570. The Morgan fingerprint density at radius 2 is 2.11 bits per heavy atom. The summed E-state index contributed by atoms with van der Waals surface area (Å²) in [7, 11) is 0. The highest BCUT2D eigenvalue weighted by atomic mass is 32.1. The van der Waals surface area contributed by atoms with Gasteiger partial charge in [-0.25, -0.2) is 9.97 Å². The van der Waals surface area contributed by atoms with Crippen molar-refractivity contribution in [1.82, 2.24) is 19.4 Å². The Balaban J connectivity index is 1.75. The van der Waals surface area contributed by atoms with Gasteiger partial charge in [0.1, 0.15) is 5.82 Å². The number of imidazole rings is 1. The summed E-state index contributed by atoms with van der Waals surface area (Å²) >= 11 is 1.79. The maximum atomic E-state index is 4.66. The molecule has 0 fully saturated rings. The molecule has 5 heteroatoms. The third-order valence-electron chi connectivity index (χ3n) is 3.59. The minimum atomic E-state index is 0.950. The van der Waals surface area contributed by atoms with Gasteiger partial charge in [0.25, 0.3) is 0 Å². The van der Waals surface area contributed by atoms with Crippen LogP contribution in [0.25, 0.3) is 0 Å². The number of aryl methyl sites for hydroxylation is 2. The number of rotatable bonds is 2. The molecule has 0 aromatic carbocycles. The first kappa shape index (κ1) is 11.9. The molecular formula is C13H18N4S. The Labute approximate surface area is 111 Å². The second kappa shape index (κ2) is 4.48. The minimum Gasteiger partial charge on any atom is -0.330 e. The average molecular weight is 262 g/mol. The maximum absolute atomic E-state index is 4.66. The third kappa shape index (κ3) is 2.08. The van der Waals surface area contributed by atoms with E-state index in [4.69, 9.17) is 0 Å². The summed E-state index contributed by atoms with van der Waals surface area (Å²) in [6.07, 6.45) is 2.00. The van der Waals surface area contributed by atoms with Crippen LogP contribution in [0.1, 0.15) is 27.1 Å². The highest BCUT2D eigenvalue weighted by molar-refractivity contribution is 7.11. The van der Waals surface area contributed by atoms with Gasteiger partial charge in [-0.3, -0.25) is 4.90 Å². The van der Waals surface area contributed by atoms with E-state index in [9.17, 15) is 0 Å². The van der Waals surface area contributed by atoms with Gasteiger partial charge in [-0.15, -0.1) is 11.3 Å². The highest BCUT2D eigenvalue weighted by Crippen LogP contribution is 2.20. The molecule has 4 nitrogen and oxygen atoms in total. The number of nitrogens with zero attached hydrogens (tertiary/aromatic N) is 4. The number of fused-ring (bicyclic) bond motifs is 1. The lowest BCUT2D eigenvalue weighted by Gasteiger charge is -2.27. The molecule has 0 spiro atoms. The molecule has 2 aromatic rings. The lowest BCUT2D eigenvalue weighted by Crippen LogP contribution is -2.33. The van der Waals surface area contributed by atoms with E-state index in [2.05, 4.69) is 40.2 Å². The Morgan fingerprint density at radius 3 is 2.83 bits per heavy atom. The van der Waals surface area contributed by atoms with E-state index in [1.807, 2.05) is 6.20 Å². The topological polar surface area (TPSA) is 34.0 Å². The van der Waals surface area contributed by atoms with Crippen LogP contribution in [0, 0.1) is 20.8 Å². The van der Waals surface area contributed by atoms with Crippen molar-refractivity contribution in [2.45, 2.75) is 40.4 Å². The van der Waals surface area contributed by atoms with Crippen LogP contribution in [-0.4, -0.2) is 26.0 Å². The molecule has 3 rings (SSSR count). The molecule has 0 bridgehead atoms. The largest absolute Gasteiger partial charge is 0.330 e. The van der Waals surface area contributed by atoms with Crippen molar-refractivity contribution in [3.63, 3.8) is 0 Å². The van der Waals surface area contributed by atoms with Crippen molar-refractivity contribution >= 4 is 11.3 Å². The second-order valence-electron chi connectivity index (χ2n) is 4.91.